The van der Waals surface area contributed by atoms with Gasteiger partial charge in [-0.25, -0.2) is 0 Å². The highest BCUT2D eigenvalue weighted by Gasteiger charge is 2.13. The lowest BCUT2D eigenvalue weighted by molar-refractivity contribution is -0.140. The molecule has 6 heteroatoms. The molecule has 0 unspecified atom stereocenters. The fourth-order valence-electron chi connectivity index (χ4n) is 2.76. The molecule has 0 bridgehead atoms. The second-order valence-electron chi connectivity index (χ2n) is 5.66. The second kappa shape index (κ2) is 14.1. The van der Waals surface area contributed by atoms with Crippen LogP contribution in [-0.4, -0.2) is 38.7 Å². The summed E-state index contributed by atoms with van der Waals surface area (Å²) in [6, 6.07) is 0. The number of aliphatic imine (C=N–C) groups is 1. The smallest absolute Gasteiger partial charge is 0.307 e. The van der Waals surface area contributed by atoms with E-state index in [0.29, 0.717) is 13.0 Å². The van der Waals surface area contributed by atoms with E-state index in [2.05, 4.69) is 20.4 Å². The molecule has 2 N–H and O–H groups in total. The van der Waals surface area contributed by atoms with E-state index in [4.69, 9.17) is 0 Å². The van der Waals surface area contributed by atoms with Crippen molar-refractivity contribution in [3.63, 3.8) is 0 Å². The highest BCUT2D eigenvalue weighted by Crippen LogP contribution is 2.28. The van der Waals surface area contributed by atoms with Crippen LogP contribution in [0.1, 0.15) is 58.3 Å². The number of halogens is 1. The van der Waals surface area contributed by atoms with E-state index in [0.717, 1.165) is 31.4 Å². The fraction of sp³-hybridized carbons (Fsp3) is 0.875. The molecule has 0 aromatic heterocycles. The van der Waals surface area contributed by atoms with Crippen molar-refractivity contribution in [3.8, 4) is 0 Å². The van der Waals surface area contributed by atoms with Crippen molar-refractivity contribution in [3.05, 3.63) is 0 Å². The lowest BCUT2D eigenvalue weighted by Gasteiger charge is -2.11. The lowest BCUT2D eigenvalue weighted by Crippen LogP contribution is -2.38. The molecule has 1 rings (SSSR count). The maximum atomic E-state index is 11.1. The minimum atomic E-state index is -0.199. The zero-order chi connectivity index (χ0) is 15.3. The number of hydrogen-bond acceptors (Lipinski definition) is 3. The standard InChI is InChI=1S/C16H31N3O2.HI/c1-3-17-16(19-13-11-15(20)21-2)18-12-7-6-10-14-8-4-5-9-14;/h14H,3-13H2,1-2H3,(H2,17,18,19);1H. The van der Waals surface area contributed by atoms with E-state index in [-0.39, 0.29) is 29.9 Å². The molecule has 22 heavy (non-hydrogen) atoms. The first kappa shape index (κ1) is 21.5. The molecule has 0 aliphatic heterocycles. The predicted molar refractivity (Wildman–Crippen MR) is 102 cm³/mol. The van der Waals surface area contributed by atoms with Gasteiger partial charge in [0.1, 0.15) is 0 Å². The molecular formula is C16H32IN3O2. The van der Waals surface area contributed by atoms with E-state index in [9.17, 15) is 4.79 Å². The Morgan fingerprint density at radius 3 is 2.59 bits per heavy atom. The van der Waals surface area contributed by atoms with E-state index >= 15 is 0 Å². The zero-order valence-corrected chi connectivity index (χ0v) is 16.4. The number of unbranched alkanes of at least 4 members (excludes halogenated alkanes) is 1. The molecule has 0 spiro atoms. The predicted octanol–water partition coefficient (Wildman–Crippen LogP) is 3.08. The normalized spacial score (nSPS) is 15.3. The highest BCUT2D eigenvalue weighted by atomic mass is 127. The van der Waals surface area contributed by atoms with Gasteiger partial charge >= 0.3 is 5.97 Å². The monoisotopic (exact) mass is 425 g/mol. The van der Waals surface area contributed by atoms with Crippen molar-refractivity contribution < 1.29 is 9.53 Å². The Bertz CT molecular complexity index is 319. The molecule has 1 aliphatic carbocycles. The molecule has 1 fully saturated rings. The first-order valence-corrected chi connectivity index (χ1v) is 8.35. The van der Waals surface area contributed by atoms with Gasteiger partial charge in [0.15, 0.2) is 5.96 Å². The van der Waals surface area contributed by atoms with Crippen molar-refractivity contribution in [1.29, 1.82) is 0 Å². The van der Waals surface area contributed by atoms with Crippen molar-refractivity contribution in [2.45, 2.75) is 58.3 Å². The Labute approximate surface area is 152 Å². The number of nitrogens with one attached hydrogen (secondary N) is 2. The summed E-state index contributed by atoms with van der Waals surface area (Å²) in [7, 11) is 1.41. The number of esters is 1. The summed E-state index contributed by atoms with van der Waals surface area (Å²) >= 11 is 0. The number of carbonyl (C=O) groups is 1. The molecule has 0 aromatic rings. The number of nitrogens with zero attached hydrogens (tertiary/aromatic N) is 1. The van der Waals surface area contributed by atoms with E-state index in [1.807, 2.05) is 6.92 Å². The van der Waals surface area contributed by atoms with Gasteiger partial charge in [0.2, 0.25) is 0 Å². The van der Waals surface area contributed by atoms with Gasteiger partial charge in [0, 0.05) is 19.6 Å². The van der Waals surface area contributed by atoms with Gasteiger partial charge < -0.3 is 15.4 Å². The Kier molecular flexibility index (Phi) is 13.7. The van der Waals surface area contributed by atoms with Crippen LogP contribution in [-0.2, 0) is 9.53 Å². The maximum Gasteiger partial charge on any atom is 0.307 e. The summed E-state index contributed by atoms with van der Waals surface area (Å²) in [6.45, 7) is 4.27. The minimum absolute atomic E-state index is 0. The molecule has 0 atom stereocenters. The number of methoxy groups -OCH3 is 1. The summed E-state index contributed by atoms with van der Waals surface area (Å²) in [4.78, 5) is 15.6. The largest absolute Gasteiger partial charge is 0.469 e. The van der Waals surface area contributed by atoms with Crippen molar-refractivity contribution in [2.75, 3.05) is 26.7 Å². The molecule has 1 aliphatic rings. The third-order valence-electron chi connectivity index (χ3n) is 3.96. The summed E-state index contributed by atoms with van der Waals surface area (Å²) in [5.41, 5.74) is 0. The Morgan fingerprint density at radius 1 is 1.23 bits per heavy atom. The van der Waals surface area contributed by atoms with E-state index in [1.54, 1.807) is 0 Å². The first-order chi connectivity index (χ1) is 10.3. The minimum Gasteiger partial charge on any atom is -0.469 e. The van der Waals surface area contributed by atoms with Crippen LogP contribution in [0, 0.1) is 5.92 Å². The van der Waals surface area contributed by atoms with Gasteiger partial charge in [-0.2, -0.15) is 0 Å². The molecular weight excluding hydrogens is 393 g/mol. The van der Waals surface area contributed by atoms with Crippen molar-refractivity contribution in [2.24, 2.45) is 10.9 Å². The number of ether oxygens (including phenoxy) is 1. The van der Waals surface area contributed by atoms with Crippen LogP contribution in [0.25, 0.3) is 0 Å². The van der Waals surface area contributed by atoms with Crippen LogP contribution in [0.4, 0.5) is 0 Å². The summed E-state index contributed by atoms with van der Waals surface area (Å²) in [5, 5.41) is 6.35. The van der Waals surface area contributed by atoms with Gasteiger partial charge in [0.05, 0.1) is 13.5 Å². The van der Waals surface area contributed by atoms with Crippen LogP contribution in [0.3, 0.4) is 0 Å². The van der Waals surface area contributed by atoms with Gasteiger partial charge in [-0.15, -0.1) is 24.0 Å². The number of carbonyl (C=O) groups excluding carboxylic acids is 1. The second-order valence-corrected chi connectivity index (χ2v) is 5.66. The number of guanidine groups is 1. The molecule has 1 saturated carbocycles. The van der Waals surface area contributed by atoms with Gasteiger partial charge in [-0.3, -0.25) is 9.79 Å². The van der Waals surface area contributed by atoms with Crippen LogP contribution in [0.2, 0.25) is 0 Å². The molecule has 0 aromatic carbocycles. The average Bonchev–Trinajstić information content (AvgIpc) is 2.99. The van der Waals surface area contributed by atoms with Gasteiger partial charge in [0.25, 0.3) is 0 Å². The molecule has 0 radical (unpaired) electrons. The fourth-order valence-corrected chi connectivity index (χ4v) is 2.76. The van der Waals surface area contributed by atoms with Crippen molar-refractivity contribution >= 4 is 35.9 Å². The SMILES string of the molecule is CCNC(=NCCCCC1CCCC1)NCCC(=O)OC.I. The summed E-state index contributed by atoms with van der Waals surface area (Å²) < 4.78 is 4.61. The zero-order valence-electron chi connectivity index (χ0n) is 14.0. The average molecular weight is 425 g/mol. The molecule has 0 heterocycles. The van der Waals surface area contributed by atoms with E-state index in [1.165, 1.54) is 45.6 Å². The Balaban J connectivity index is 0.00000441. The maximum absolute atomic E-state index is 11.1. The van der Waals surface area contributed by atoms with Gasteiger partial charge in [-0.05, 0) is 19.3 Å². The van der Waals surface area contributed by atoms with Gasteiger partial charge in [-0.1, -0.05) is 38.5 Å². The number of hydrogen-bond donors (Lipinski definition) is 2. The Morgan fingerprint density at radius 2 is 1.95 bits per heavy atom. The molecule has 130 valence electrons. The number of rotatable bonds is 9. The van der Waals surface area contributed by atoms with Crippen LogP contribution in [0.15, 0.2) is 4.99 Å². The first-order valence-electron chi connectivity index (χ1n) is 8.35. The van der Waals surface area contributed by atoms with Crippen LogP contribution >= 0.6 is 24.0 Å². The van der Waals surface area contributed by atoms with Crippen LogP contribution < -0.4 is 10.6 Å². The van der Waals surface area contributed by atoms with Crippen LogP contribution in [0.5, 0.6) is 0 Å². The summed E-state index contributed by atoms with van der Waals surface area (Å²) in [5.74, 6) is 1.57. The molecule has 5 nitrogen and oxygen atoms in total. The Hall–Kier alpha value is -0.530. The lowest BCUT2D eigenvalue weighted by atomic mass is 10.0. The molecule has 0 saturated heterocycles. The quantitative estimate of drug-likeness (QED) is 0.196. The third kappa shape index (κ3) is 10.2. The molecule has 0 amide bonds. The third-order valence-corrected chi connectivity index (χ3v) is 3.96. The van der Waals surface area contributed by atoms with E-state index < -0.39 is 0 Å². The van der Waals surface area contributed by atoms with Crippen molar-refractivity contribution in [1.82, 2.24) is 10.6 Å². The topological polar surface area (TPSA) is 62.7 Å². The summed E-state index contributed by atoms with van der Waals surface area (Å²) in [6.07, 6.45) is 9.86. The highest BCUT2D eigenvalue weighted by molar-refractivity contribution is 14.0.